The molecule has 0 saturated heterocycles. The SMILES string of the molecule is CCc1c(C(=O)Nc2ccc(C(=O)NC3CC3)cc2)cnn1-c1cccc(Cl)c1. The predicted octanol–water partition coefficient (Wildman–Crippen LogP) is 4.23. The Morgan fingerprint density at radius 1 is 1.14 bits per heavy atom. The van der Waals surface area contributed by atoms with E-state index in [1.54, 1.807) is 47.3 Å². The molecule has 29 heavy (non-hydrogen) atoms. The van der Waals surface area contributed by atoms with Gasteiger partial charge in [-0.1, -0.05) is 24.6 Å². The van der Waals surface area contributed by atoms with Gasteiger partial charge in [0.1, 0.15) is 0 Å². The van der Waals surface area contributed by atoms with Crippen molar-refractivity contribution < 1.29 is 9.59 Å². The van der Waals surface area contributed by atoms with Crippen LogP contribution in [0, 0.1) is 0 Å². The average Bonchev–Trinajstić information content (AvgIpc) is 3.42. The van der Waals surface area contributed by atoms with E-state index in [4.69, 9.17) is 11.6 Å². The third-order valence-electron chi connectivity index (χ3n) is 4.82. The number of halogens is 1. The number of benzene rings is 2. The largest absolute Gasteiger partial charge is 0.349 e. The Labute approximate surface area is 173 Å². The maximum atomic E-state index is 12.8. The Morgan fingerprint density at radius 2 is 1.90 bits per heavy atom. The van der Waals surface area contributed by atoms with Crippen molar-refractivity contribution in [2.24, 2.45) is 0 Å². The lowest BCUT2D eigenvalue weighted by atomic mass is 10.1. The van der Waals surface area contributed by atoms with E-state index in [9.17, 15) is 9.59 Å². The van der Waals surface area contributed by atoms with E-state index in [1.807, 2.05) is 19.1 Å². The maximum absolute atomic E-state index is 12.8. The minimum absolute atomic E-state index is 0.0820. The van der Waals surface area contributed by atoms with Crippen molar-refractivity contribution in [1.82, 2.24) is 15.1 Å². The smallest absolute Gasteiger partial charge is 0.259 e. The topological polar surface area (TPSA) is 76.0 Å². The lowest BCUT2D eigenvalue weighted by Crippen LogP contribution is -2.25. The van der Waals surface area contributed by atoms with Crippen LogP contribution in [0.25, 0.3) is 5.69 Å². The minimum atomic E-state index is -0.245. The van der Waals surface area contributed by atoms with Gasteiger partial charge in [0.2, 0.25) is 0 Å². The van der Waals surface area contributed by atoms with E-state index in [-0.39, 0.29) is 11.8 Å². The van der Waals surface area contributed by atoms with Gasteiger partial charge in [-0.25, -0.2) is 4.68 Å². The van der Waals surface area contributed by atoms with Crippen molar-refractivity contribution in [3.63, 3.8) is 0 Å². The van der Waals surface area contributed by atoms with Crippen LogP contribution in [-0.4, -0.2) is 27.6 Å². The molecule has 1 heterocycles. The van der Waals surface area contributed by atoms with Gasteiger partial charge in [-0.3, -0.25) is 9.59 Å². The predicted molar refractivity (Wildman–Crippen MR) is 113 cm³/mol. The number of rotatable bonds is 6. The van der Waals surface area contributed by atoms with Crippen molar-refractivity contribution in [3.05, 3.63) is 76.6 Å². The zero-order chi connectivity index (χ0) is 20.4. The van der Waals surface area contributed by atoms with Gasteiger partial charge in [-0.2, -0.15) is 5.10 Å². The lowest BCUT2D eigenvalue weighted by Gasteiger charge is -2.09. The maximum Gasteiger partial charge on any atom is 0.259 e. The molecule has 6 nitrogen and oxygen atoms in total. The second kappa shape index (κ2) is 8.09. The van der Waals surface area contributed by atoms with Crippen molar-refractivity contribution in [2.45, 2.75) is 32.2 Å². The van der Waals surface area contributed by atoms with Crippen LogP contribution in [0.5, 0.6) is 0 Å². The van der Waals surface area contributed by atoms with Gasteiger partial charge in [0.15, 0.2) is 0 Å². The van der Waals surface area contributed by atoms with Crippen LogP contribution in [0.1, 0.15) is 46.2 Å². The Balaban J connectivity index is 1.50. The van der Waals surface area contributed by atoms with Gasteiger partial charge in [0.25, 0.3) is 11.8 Å². The van der Waals surface area contributed by atoms with Crippen molar-refractivity contribution in [3.8, 4) is 5.69 Å². The molecule has 0 spiro atoms. The molecule has 2 aromatic carbocycles. The molecule has 1 aromatic heterocycles. The highest BCUT2D eigenvalue weighted by molar-refractivity contribution is 6.30. The number of anilines is 1. The van der Waals surface area contributed by atoms with Crippen LogP contribution in [0.4, 0.5) is 5.69 Å². The molecule has 4 rings (SSSR count). The summed E-state index contributed by atoms with van der Waals surface area (Å²) in [6.45, 7) is 1.97. The molecule has 1 fully saturated rings. The molecule has 7 heteroatoms. The molecule has 0 bridgehead atoms. The molecular formula is C22H21ClN4O2. The molecule has 1 aliphatic carbocycles. The normalized spacial score (nSPS) is 13.2. The first-order valence-corrected chi connectivity index (χ1v) is 9.98. The molecular weight excluding hydrogens is 388 g/mol. The molecule has 2 amide bonds. The van der Waals surface area contributed by atoms with Crippen LogP contribution >= 0.6 is 11.6 Å². The van der Waals surface area contributed by atoms with Crippen LogP contribution in [-0.2, 0) is 6.42 Å². The number of carbonyl (C=O) groups excluding carboxylic acids is 2. The van der Waals surface area contributed by atoms with Crippen molar-refractivity contribution >= 4 is 29.1 Å². The number of hydrogen-bond donors (Lipinski definition) is 2. The molecule has 1 aliphatic rings. The molecule has 0 aliphatic heterocycles. The summed E-state index contributed by atoms with van der Waals surface area (Å²) < 4.78 is 1.73. The Kier molecular flexibility index (Phi) is 5.36. The van der Waals surface area contributed by atoms with Gasteiger partial charge in [-0.15, -0.1) is 0 Å². The van der Waals surface area contributed by atoms with Crippen molar-refractivity contribution in [1.29, 1.82) is 0 Å². The van der Waals surface area contributed by atoms with Gasteiger partial charge in [0, 0.05) is 22.3 Å². The molecule has 1 saturated carbocycles. The Hall–Kier alpha value is -3.12. The van der Waals surface area contributed by atoms with Gasteiger partial charge in [0.05, 0.1) is 23.1 Å². The minimum Gasteiger partial charge on any atom is -0.349 e. The first kappa shape index (κ1) is 19.2. The van der Waals surface area contributed by atoms with Crippen LogP contribution in [0.15, 0.2) is 54.7 Å². The number of hydrogen-bond acceptors (Lipinski definition) is 3. The number of amides is 2. The summed E-state index contributed by atoms with van der Waals surface area (Å²) in [6.07, 6.45) is 4.28. The van der Waals surface area contributed by atoms with Gasteiger partial charge < -0.3 is 10.6 Å². The summed E-state index contributed by atoms with van der Waals surface area (Å²) >= 11 is 6.08. The van der Waals surface area contributed by atoms with E-state index in [0.717, 1.165) is 24.2 Å². The molecule has 3 aromatic rings. The monoisotopic (exact) mass is 408 g/mol. The zero-order valence-electron chi connectivity index (χ0n) is 16.0. The molecule has 148 valence electrons. The third kappa shape index (κ3) is 4.32. The third-order valence-corrected chi connectivity index (χ3v) is 5.05. The average molecular weight is 409 g/mol. The highest BCUT2D eigenvalue weighted by Crippen LogP contribution is 2.21. The molecule has 0 unspecified atom stereocenters. The summed E-state index contributed by atoms with van der Waals surface area (Å²) in [6, 6.07) is 14.5. The fourth-order valence-electron chi connectivity index (χ4n) is 3.13. The number of aromatic nitrogens is 2. The van der Waals surface area contributed by atoms with Crippen molar-refractivity contribution in [2.75, 3.05) is 5.32 Å². The molecule has 0 atom stereocenters. The summed E-state index contributed by atoms with van der Waals surface area (Å²) in [5.74, 6) is -0.327. The standard InChI is InChI=1S/C22H21ClN4O2/c1-2-20-19(13-24-27(20)18-5-3-4-15(23)12-18)22(29)26-16-8-6-14(7-9-16)21(28)25-17-10-11-17/h3-9,12-13,17H,2,10-11H2,1H3,(H,25,28)(H,26,29). The van der Waals surface area contributed by atoms with E-state index in [2.05, 4.69) is 15.7 Å². The first-order chi connectivity index (χ1) is 14.0. The zero-order valence-corrected chi connectivity index (χ0v) is 16.7. The highest BCUT2D eigenvalue weighted by atomic mass is 35.5. The van der Waals surface area contributed by atoms with Gasteiger partial charge in [-0.05, 0) is 61.7 Å². The summed E-state index contributed by atoms with van der Waals surface area (Å²) in [7, 11) is 0. The Morgan fingerprint density at radius 3 is 2.55 bits per heavy atom. The fourth-order valence-corrected chi connectivity index (χ4v) is 3.32. The number of carbonyl (C=O) groups is 2. The summed E-state index contributed by atoms with van der Waals surface area (Å²) in [5.41, 5.74) is 3.31. The van der Waals surface area contributed by atoms with Crippen LogP contribution in [0.2, 0.25) is 5.02 Å². The van der Waals surface area contributed by atoms with Crippen LogP contribution < -0.4 is 10.6 Å². The second-order valence-corrected chi connectivity index (χ2v) is 7.47. The second-order valence-electron chi connectivity index (χ2n) is 7.03. The fraction of sp³-hybridized carbons (Fsp3) is 0.227. The quantitative estimate of drug-likeness (QED) is 0.640. The van der Waals surface area contributed by atoms with E-state index in [1.165, 1.54) is 0 Å². The van der Waals surface area contributed by atoms with E-state index < -0.39 is 0 Å². The molecule has 0 radical (unpaired) electrons. The van der Waals surface area contributed by atoms with Crippen LogP contribution in [0.3, 0.4) is 0 Å². The Bertz CT molecular complexity index is 1050. The number of nitrogens with one attached hydrogen (secondary N) is 2. The summed E-state index contributed by atoms with van der Waals surface area (Å²) in [5, 5.41) is 10.8. The lowest BCUT2D eigenvalue weighted by molar-refractivity contribution is 0.0950. The van der Waals surface area contributed by atoms with Gasteiger partial charge >= 0.3 is 0 Å². The van der Waals surface area contributed by atoms with E-state index >= 15 is 0 Å². The highest BCUT2D eigenvalue weighted by Gasteiger charge is 2.23. The summed E-state index contributed by atoms with van der Waals surface area (Å²) in [4.78, 5) is 24.9. The number of nitrogens with zero attached hydrogens (tertiary/aromatic N) is 2. The molecule has 2 N–H and O–H groups in total. The first-order valence-electron chi connectivity index (χ1n) is 9.60. The van der Waals surface area contributed by atoms with E-state index in [0.29, 0.717) is 34.3 Å².